The van der Waals surface area contributed by atoms with E-state index in [2.05, 4.69) is 32.2 Å². The predicted octanol–water partition coefficient (Wildman–Crippen LogP) is 2.10. The normalized spacial score (nSPS) is 19.3. The molecule has 1 N–H and O–H groups in total. The van der Waals surface area contributed by atoms with Crippen molar-refractivity contribution >= 4 is 23.5 Å². The van der Waals surface area contributed by atoms with Crippen molar-refractivity contribution in [3.05, 3.63) is 46.7 Å². The molecule has 0 radical (unpaired) electrons. The van der Waals surface area contributed by atoms with E-state index >= 15 is 0 Å². The van der Waals surface area contributed by atoms with Gasteiger partial charge in [-0.05, 0) is 43.5 Å². The van der Waals surface area contributed by atoms with Crippen LogP contribution in [0.3, 0.4) is 0 Å². The molecule has 1 fully saturated rings. The van der Waals surface area contributed by atoms with Gasteiger partial charge in [-0.25, -0.2) is 9.48 Å². The first-order chi connectivity index (χ1) is 14.0. The molecule has 0 aliphatic carbocycles. The Morgan fingerprint density at radius 2 is 2.21 bits per heavy atom. The van der Waals surface area contributed by atoms with Crippen LogP contribution in [0.4, 0.5) is 0 Å². The molecule has 1 aromatic heterocycles. The van der Waals surface area contributed by atoms with Crippen molar-refractivity contribution in [2.24, 2.45) is 0 Å². The highest BCUT2D eigenvalue weighted by molar-refractivity contribution is 6.30. The molecule has 2 aromatic rings. The molecule has 0 saturated carbocycles. The number of aromatic nitrogens is 3. The summed E-state index contributed by atoms with van der Waals surface area (Å²) in [6.45, 7) is 4.15. The summed E-state index contributed by atoms with van der Waals surface area (Å²) in [6, 6.07) is 7.40. The van der Waals surface area contributed by atoms with Gasteiger partial charge in [0.2, 0.25) is 5.91 Å². The average molecular weight is 420 g/mol. The van der Waals surface area contributed by atoms with Crippen LogP contribution >= 0.6 is 11.6 Å². The van der Waals surface area contributed by atoms with Gasteiger partial charge in [-0.1, -0.05) is 35.9 Å². The Morgan fingerprint density at radius 3 is 2.93 bits per heavy atom. The highest BCUT2D eigenvalue weighted by Crippen LogP contribution is 2.27. The Hall–Kier alpha value is -2.45. The molecular weight excluding hydrogens is 394 g/mol. The number of halogens is 1. The van der Waals surface area contributed by atoms with Crippen LogP contribution in [0.15, 0.2) is 30.5 Å². The van der Waals surface area contributed by atoms with Gasteiger partial charge in [0.1, 0.15) is 0 Å². The van der Waals surface area contributed by atoms with Gasteiger partial charge in [0.15, 0.2) is 5.69 Å². The van der Waals surface area contributed by atoms with Crippen molar-refractivity contribution in [1.29, 1.82) is 0 Å². The number of ether oxygens (including phenoxy) is 1. The smallest absolute Gasteiger partial charge is 0.360 e. The van der Waals surface area contributed by atoms with Gasteiger partial charge in [0.25, 0.3) is 0 Å². The van der Waals surface area contributed by atoms with Crippen molar-refractivity contribution in [2.75, 3.05) is 26.7 Å². The lowest BCUT2D eigenvalue weighted by Gasteiger charge is -2.22. The maximum Gasteiger partial charge on any atom is 0.360 e. The number of benzene rings is 1. The van der Waals surface area contributed by atoms with E-state index in [1.807, 2.05) is 24.3 Å². The monoisotopic (exact) mass is 419 g/mol. The summed E-state index contributed by atoms with van der Waals surface area (Å²) >= 11 is 6.01. The van der Waals surface area contributed by atoms with Gasteiger partial charge in [0.05, 0.1) is 25.4 Å². The minimum absolute atomic E-state index is 0.0104. The van der Waals surface area contributed by atoms with Gasteiger partial charge in [0, 0.05) is 18.1 Å². The van der Waals surface area contributed by atoms with E-state index in [9.17, 15) is 9.59 Å². The van der Waals surface area contributed by atoms with Crippen LogP contribution in [0.25, 0.3) is 0 Å². The zero-order chi connectivity index (χ0) is 20.8. The molecule has 1 aliphatic rings. The molecule has 2 heterocycles. The topological polar surface area (TPSA) is 89.3 Å². The molecule has 29 heavy (non-hydrogen) atoms. The molecule has 0 unspecified atom stereocenters. The number of nitrogens with zero attached hydrogens (tertiary/aromatic N) is 4. The van der Waals surface area contributed by atoms with Crippen LogP contribution in [-0.2, 0) is 16.0 Å². The van der Waals surface area contributed by atoms with Crippen LogP contribution < -0.4 is 5.32 Å². The van der Waals surface area contributed by atoms with Crippen molar-refractivity contribution in [3.8, 4) is 0 Å². The molecule has 8 nitrogen and oxygen atoms in total. The van der Waals surface area contributed by atoms with Gasteiger partial charge in [-0.15, -0.1) is 5.10 Å². The lowest BCUT2D eigenvalue weighted by Crippen LogP contribution is -2.44. The molecule has 156 valence electrons. The second-order valence-corrected chi connectivity index (χ2v) is 7.58. The summed E-state index contributed by atoms with van der Waals surface area (Å²) in [4.78, 5) is 26.6. The van der Waals surface area contributed by atoms with E-state index in [-0.39, 0.29) is 23.7 Å². The van der Waals surface area contributed by atoms with Gasteiger partial charge >= 0.3 is 5.97 Å². The number of hydrogen-bond donors (Lipinski definition) is 1. The Balaban J connectivity index is 1.60. The summed E-state index contributed by atoms with van der Waals surface area (Å²) in [5.41, 5.74) is 1.26. The maximum absolute atomic E-state index is 12.8. The van der Waals surface area contributed by atoms with E-state index in [4.69, 9.17) is 11.6 Å². The first-order valence-electron chi connectivity index (χ1n) is 9.78. The average Bonchev–Trinajstić information content (AvgIpc) is 3.35. The molecule has 1 aromatic carbocycles. The third-order valence-corrected chi connectivity index (χ3v) is 5.31. The van der Waals surface area contributed by atoms with Crippen molar-refractivity contribution in [2.45, 2.75) is 38.3 Å². The maximum atomic E-state index is 12.8. The molecule has 0 spiro atoms. The number of nitrogens with one attached hydrogen (secondary N) is 1. The van der Waals surface area contributed by atoms with Crippen LogP contribution in [0.2, 0.25) is 5.02 Å². The number of esters is 1. The SMILES string of the molecule is CCCN1C[C@@H](n2cc(C(=O)OC)nn2)C[C@H]1C(=O)NCCc1cccc(Cl)c1. The van der Waals surface area contributed by atoms with E-state index in [1.54, 1.807) is 10.9 Å². The van der Waals surface area contributed by atoms with Crippen LogP contribution in [-0.4, -0.2) is 64.6 Å². The Morgan fingerprint density at radius 1 is 1.38 bits per heavy atom. The molecule has 1 aliphatic heterocycles. The number of amides is 1. The zero-order valence-corrected chi connectivity index (χ0v) is 17.4. The Labute approximate surface area is 175 Å². The van der Waals surface area contributed by atoms with E-state index in [1.165, 1.54) is 7.11 Å². The fourth-order valence-corrected chi connectivity index (χ4v) is 3.88. The van der Waals surface area contributed by atoms with Gasteiger partial charge in [-0.3, -0.25) is 9.69 Å². The fourth-order valence-electron chi connectivity index (χ4n) is 3.67. The summed E-state index contributed by atoms with van der Waals surface area (Å²) < 4.78 is 6.34. The molecule has 0 bridgehead atoms. The second kappa shape index (κ2) is 9.84. The minimum Gasteiger partial charge on any atom is -0.464 e. The highest BCUT2D eigenvalue weighted by atomic mass is 35.5. The van der Waals surface area contributed by atoms with E-state index < -0.39 is 5.97 Å². The lowest BCUT2D eigenvalue weighted by molar-refractivity contribution is -0.125. The van der Waals surface area contributed by atoms with Crippen LogP contribution in [0.1, 0.15) is 41.9 Å². The van der Waals surface area contributed by atoms with E-state index in [0.29, 0.717) is 24.5 Å². The summed E-state index contributed by atoms with van der Waals surface area (Å²) in [5, 5.41) is 11.7. The van der Waals surface area contributed by atoms with Crippen molar-refractivity contribution < 1.29 is 14.3 Å². The molecule has 2 atom stereocenters. The molecule has 3 rings (SSSR count). The third-order valence-electron chi connectivity index (χ3n) is 5.08. The van der Waals surface area contributed by atoms with Crippen LogP contribution in [0.5, 0.6) is 0 Å². The van der Waals surface area contributed by atoms with Crippen LogP contribution in [0, 0.1) is 0 Å². The summed E-state index contributed by atoms with van der Waals surface area (Å²) in [6.07, 6.45) is 3.87. The quantitative estimate of drug-likeness (QED) is 0.659. The van der Waals surface area contributed by atoms with Crippen molar-refractivity contribution in [3.63, 3.8) is 0 Å². The zero-order valence-electron chi connectivity index (χ0n) is 16.7. The molecule has 1 saturated heterocycles. The molecule has 9 heteroatoms. The number of hydrogen-bond acceptors (Lipinski definition) is 6. The number of methoxy groups -OCH3 is 1. The lowest BCUT2D eigenvalue weighted by atomic mass is 10.1. The van der Waals surface area contributed by atoms with Gasteiger partial charge in [-0.2, -0.15) is 0 Å². The number of rotatable bonds is 8. The number of carbonyl (C=O) groups excluding carboxylic acids is 2. The minimum atomic E-state index is -0.519. The predicted molar refractivity (Wildman–Crippen MR) is 109 cm³/mol. The first-order valence-corrected chi connectivity index (χ1v) is 10.2. The summed E-state index contributed by atoms with van der Waals surface area (Å²) in [5.74, 6) is -0.508. The van der Waals surface area contributed by atoms with Gasteiger partial charge < -0.3 is 10.1 Å². The molecular formula is C20H26ClN5O3. The Bertz CT molecular complexity index is 856. The van der Waals surface area contributed by atoms with Crippen molar-refractivity contribution in [1.82, 2.24) is 25.2 Å². The van der Waals surface area contributed by atoms with E-state index in [0.717, 1.165) is 24.9 Å². The molecule has 1 amide bonds. The largest absolute Gasteiger partial charge is 0.464 e. The first kappa shape index (κ1) is 21.3. The second-order valence-electron chi connectivity index (χ2n) is 7.15. The third kappa shape index (κ3) is 5.33. The summed E-state index contributed by atoms with van der Waals surface area (Å²) in [7, 11) is 1.31. The fraction of sp³-hybridized carbons (Fsp3) is 0.500. The number of carbonyl (C=O) groups is 2. The number of likely N-dealkylation sites (tertiary alicyclic amines) is 1. The Kier molecular flexibility index (Phi) is 7.22. The highest BCUT2D eigenvalue weighted by Gasteiger charge is 2.37. The standard InChI is InChI=1S/C20H26ClN5O3/c1-3-9-25-12-16(26-13-17(23-24-26)20(28)29-2)11-18(25)19(27)22-8-7-14-5-4-6-15(21)10-14/h4-6,10,13,16,18H,3,7-9,11-12H2,1-2H3,(H,22,27)/t16-,18-/m0/s1.